The van der Waals surface area contributed by atoms with Gasteiger partial charge in [-0.15, -0.1) is 0 Å². The number of amides is 1. The molecule has 2 rings (SSSR count). The van der Waals surface area contributed by atoms with E-state index in [1.54, 1.807) is 7.11 Å². The number of rotatable bonds is 6. The molecule has 104 valence electrons. The van der Waals surface area contributed by atoms with Crippen molar-refractivity contribution in [1.29, 1.82) is 0 Å². The molecule has 0 radical (unpaired) electrons. The molecule has 5 nitrogen and oxygen atoms in total. The van der Waals surface area contributed by atoms with Gasteiger partial charge in [-0.25, -0.2) is 0 Å². The van der Waals surface area contributed by atoms with Gasteiger partial charge < -0.3 is 15.4 Å². The molecule has 0 spiro atoms. The van der Waals surface area contributed by atoms with Crippen molar-refractivity contribution in [3.63, 3.8) is 0 Å². The summed E-state index contributed by atoms with van der Waals surface area (Å²) in [5, 5.41) is 6.23. The molecule has 1 aliphatic heterocycles. The topological polar surface area (TPSA) is 53.6 Å². The predicted molar refractivity (Wildman–Crippen MR) is 70.5 cm³/mol. The fourth-order valence-corrected chi connectivity index (χ4v) is 2.44. The van der Waals surface area contributed by atoms with Crippen LogP contribution in [0.5, 0.6) is 0 Å². The van der Waals surface area contributed by atoms with E-state index in [1.807, 2.05) is 0 Å². The normalized spacial score (nSPS) is 29.6. The maximum absolute atomic E-state index is 12.0. The smallest absolute Gasteiger partial charge is 0.237 e. The third-order valence-electron chi connectivity index (χ3n) is 4.13. The molecular formula is C13H25N3O2. The molecule has 0 aromatic heterocycles. The third kappa shape index (κ3) is 3.43. The molecule has 1 saturated carbocycles. The van der Waals surface area contributed by atoms with E-state index in [-0.39, 0.29) is 18.1 Å². The third-order valence-corrected chi connectivity index (χ3v) is 4.13. The van der Waals surface area contributed by atoms with Crippen LogP contribution >= 0.6 is 0 Å². The van der Waals surface area contributed by atoms with Crippen LogP contribution in [0.15, 0.2) is 0 Å². The van der Waals surface area contributed by atoms with E-state index in [0.717, 1.165) is 25.6 Å². The van der Waals surface area contributed by atoms with E-state index >= 15 is 0 Å². The lowest BCUT2D eigenvalue weighted by Crippen LogP contribution is -2.46. The summed E-state index contributed by atoms with van der Waals surface area (Å²) in [5.74, 6) is 0.102. The molecule has 3 atom stereocenters. The Balaban J connectivity index is 1.68. The number of nitrogens with one attached hydrogen (secondary N) is 2. The summed E-state index contributed by atoms with van der Waals surface area (Å²) >= 11 is 0. The van der Waals surface area contributed by atoms with Crippen molar-refractivity contribution in [1.82, 2.24) is 15.5 Å². The molecule has 5 heteroatoms. The van der Waals surface area contributed by atoms with Gasteiger partial charge >= 0.3 is 0 Å². The highest BCUT2D eigenvalue weighted by Crippen LogP contribution is 2.26. The van der Waals surface area contributed by atoms with Gasteiger partial charge in [-0.1, -0.05) is 0 Å². The largest absolute Gasteiger partial charge is 0.380 e. The summed E-state index contributed by atoms with van der Waals surface area (Å²) in [6, 6.07) is 1.05. The van der Waals surface area contributed by atoms with E-state index in [2.05, 4.69) is 29.5 Å². The minimum absolute atomic E-state index is 0.0895. The fourth-order valence-electron chi connectivity index (χ4n) is 2.44. The van der Waals surface area contributed by atoms with Gasteiger partial charge in [0.05, 0.1) is 12.1 Å². The summed E-state index contributed by atoms with van der Waals surface area (Å²) in [6.07, 6.45) is 3.55. The van der Waals surface area contributed by atoms with Gasteiger partial charge in [0.1, 0.15) is 0 Å². The molecule has 0 aromatic carbocycles. The summed E-state index contributed by atoms with van der Waals surface area (Å²) in [4.78, 5) is 14.3. The second-order valence-electron chi connectivity index (χ2n) is 5.55. The van der Waals surface area contributed by atoms with Crippen LogP contribution in [0.3, 0.4) is 0 Å². The summed E-state index contributed by atoms with van der Waals surface area (Å²) in [7, 11) is 3.84. The first-order valence-electron chi connectivity index (χ1n) is 6.87. The Kier molecular flexibility index (Phi) is 4.59. The Morgan fingerprint density at radius 2 is 2.28 bits per heavy atom. The number of methoxy groups -OCH3 is 1. The van der Waals surface area contributed by atoms with Crippen molar-refractivity contribution in [3.8, 4) is 0 Å². The fraction of sp³-hybridized carbons (Fsp3) is 0.923. The van der Waals surface area contributed by atoms with Crippen molar-refractivity contribution in [2.75, 3.05) is 27.2 Å². The zero-order valence-electron chi connectivity index (χ0n) is 11.6. The number of ether oxygens (including phenoxy) is 1. The van der Waals surface area contributed by atoms with Gasteiger partial charge in [0.25, 0.3) is 0 Å². The molecule has 2 aliphatic rings. The van der Waals surface area contributed by atoms with E-state index in [4.69, 9.17) is 4.74 Å². The molecule has 0 aromatic rings. The highest BCUT2D eigenvalue weighted by molar-refractivity contribution is 5.82. The minimum Gasteiger partial charge on any atom is -0.380 e. The monoisotopic (exact) mass is 255 g/mol. The summed E-state index contributed by atoms with van der Waals surface area (Å²) in [6.45, 7) is 3.66. The molecule has 1 aliphatic carbocycles. The van der Waals surface area contributed by atoms with E-state index in [9.17, 15) is 4.79 Å². The molecule has 1 amide bonds. The first-order chi connectivity index (χ1) is 8.61. The molecule has 1 heterocycles. The van der Waals surface area contributed by atoms with Crippen molar-refractivity contribution in [2.24, 2.45) is 0 Å². The Hall–Kier alpha value is -0.650. The second-order valence-corrected chi connectivity index (χ2v) is 5.55. The molecular weight excluding hydrogens is 230 g/mol. The lowest BCUT2D eigenvalue weighted by Gasteiger charge is -2.25. The van der Waals surface area contributed by atoms with Gasteiger partial charge in [0.2, 0.25) is 5.91 Å². The average molecular weight is 255 g/mol. The molecule has 2 N–H and O–H groups in total. The zero-order chi connectivity index (χ0) is 13.1. The van der Waals surface area contributed by atoms with Gasteiger partial charge in [-0.05, 0) is 33.2 Å². The van der Waals surface area contributed by atoms with Crippen LogP contribution in [-0.4, -0.2) is 62.3 Å². The van der Waals surface area contributed by atoms with Crippen molar-refractivity contribution in [3.05, 3.63) is 0 Å². The van der Waals surface area contributed by atoms with E-state index < -0.39 is 0 Å². The van der Waals surface area contributed by atoms with Crippen LogP contribution in [0.4, 0.5) is 0 Å². The molecule has 0 bridgehead atoms. The predicted octanol–water partition coefficient (Wildman–Crippen LogP) is -0.0378. The Morgan fingerprint density at radius 1 is 1.56 bits per heavy atom. The lowest BCUT2D eigenvalue weighted by molar-refractivity contribution is -0.123. The van der Waals surface area contributed by atoms with Crippen LogP contribution in [0.25, 0.3) is 0 Å². The zero-order valence-corrected chi connectivity index (χ0v) is 11.6. The van der Waals surface area contributed by atoms with Crippen molar-refractivity contribution in [2.45, 2.75) is 50.4 Å². The number of carbonyl (C=O) groups excluding carboxylic acids is 1. The van der Waals surface area contributed by atoms with Gasteiger partial charge in [-0.3, -0.25) is 9.69 Å². The number of hydrogen-bond donors (Lipinski definition) is 2. The lowest BCUT2D eigenvalue weighted by atomic mass is 10.2. The van der Waals surface area contributed by atoms with E-state index in [1.165, 1.54) is 12.8 Å². The number of likely N-dealkylation sites (N-methyl/N-ethyl adjacent to an activating group) is 1. The average Bonchev–Trinajstić information content (AvgIpc) is 3.12. The van der Waals surface area contributed by atoms with Crippen LogP contribution in [0.2, 0.25) is 0 Å². The number of nitrogens with zero attached hydrogens (tertiary/aromatic N) is 1. The Labute approximate surface area is 109 Å². The Bertz CT molecular complexity index is 294. The first kappa shape index (κ1) is 13.8. The SMILES string of the molecule is COC1CNC(C(=O)NCC(C)N(C)C2CC2)C1. The van der Waals surface area contributed by atoms with Gasteiger partial charge in [0.15, 0.2) is 0 Å². The maximum Gasteiger partial charge on any atom is 0.237 e. The number of carbonyl (C=O) groups is 1. The van der Waals surface area contributed by atoms with E-state index in [0.29, 0.717) is 6.04 Å². The molecule has 18 heavy (non-hydrogen) atoms. The first-order valence-corrected chi connectivity index (χ1v) is 6.87. The molecule has 2 fully saturated rings. The standard InChI is InChI=1S/C13H25N3O2/c1-9(16(2)10-4-5-10)7-15-13(17)12-6-11(18-3)8-14-12/h9-12,14H,4-8H2,1-3H3,(H,15,17). The van der Waals surface area contributed by atoms with Crippen LogP contribution < -0.4 is 10.6 Å². The molecule has 1 saturated heterocycles. The van der Waals surface area contributed by atoms with Crippen molar-refractivity contribution >= 4 is 5.91 Å². The maximum atomic E-state index is 12.0. The second kappa shape index (κ2) is 5.99. The van der Waals surface area contributed by atoms with Crippen LogP contribution in [0, 0.1) is 0 Å². The quantitative estimate of drug-likeness (QED) is 0.699. The minimum atomic E-state index is -0.0895. The Morgan fingerprint density at radius 3 is 2.83 bits per heavy atom. The van der Waals surface area contributed by atoms with Gasteiger partial charge in [0, 0.05) is 32.3 Å². The summed E-state index contributed by atoms with van der Waals surface area (Å²) < 4.78 is 5.24. The number of hydrogen-bond acceptors (Lipinski definition) is 4. The van der Waals surface area contributed by atoms with Crippen LogP contribution in [0.1, 0.15) is 26.2 Å². The van der Waals surface area contributed by atoms with Crippen molar-refractivity contribution < 1.29 is 9.53 Å². The highest BCUT2D eigenvalue weighted by atomic mass is 16.5. The molecule has 3 unspecified atom stereocenters. The van der Waals surface area contributed by atoms with Gasteiger partial charge in [-0.2, -0.15) is 0 Å². The highest BCUT2D eigenvalue weighted by Gasteiger charge is 2.31. The summed E-state index contributed by atoms with van der Waals surface area (Å²) in [5.41, 5.74) is 0. The van der Waals surface area contributed by atoms with Crippen LogP contribution in [-0.2, 0) is 9.53 Å².